The van der Waals surface area contributed by atoms with Crippen molar-refractivity contribution < 1.29 is 27.6 Å². The van der Waals surface area contributed by atoms with Crippen molar-refractivity contribution in [3.63, 3.8) is 0 Å². The monoisotopic (exact) mass is 423 g/mol. The van der Waals surface area contributed by atoms with E-state index in [-0.39, 0.29) is 10.8 Å². The van der Waals surface area contributed by atoms with Gasteiger partial charge in [0.25, 0.3) is 11.6 Å². The first-order chi connectivity index (χ1) is 13.7. The van der Waals surface area contributed by atoms with Gasteiger partial charge in [-0.1, -0.05) is 24.3 Å². The van der Waals surface area contributed by atoms with E-state index in [4.69, 9.17) is 4.74 Å². The van der Waals surface area contributed by atoms with E-state index in [2.05, 4.69) is 10.3 Å². The zero-order chi connectivity index (χ0) is 21.0. The standard InChI is InChI=1S/C18H12F3N3O4S/c19-18(20,21)13-6-1-2-7-15(13)28-9-16(25)23-17-22-14(10-29-17)11-4-3-5-12(8-11)24(26)27/h1-8,10H,9H2,(H,22,23,25). The quantitative estimate of drug-likeness (QED) is 0.456. The molecule has 0 aliphatic rings. The first kappa shape index (κ1) is 20.3. The second-order valence-electron chi connectivity index (χ2n) is 5.68. The van der Waals surface area contributed by atoms with Crippen LogP contribution in [0.25, 0.3) is 11.3 Å². The highest BCUT2D eigenvalue weighted by Crippen LogP contribution is 2.36. The third-order valence-corrected chi connectivity index (χ3v) is 4.41. The maximum Gasteiger partial charge on any atom is 0.419 e. The molecule has 1 amide bonds. The Morgan fingerprint density at radius 3 is 2.69 bits per heavy atom. The summed E-state index contributed by atoms with van der Waals surface area (Å²) in [5.41, 5.74) is -0.170. The SMILES string of the molecule is O=C(COc1ccccc1C(F)(F)F)Nc1nc(-c2cccc([N+](=O)[O-])c2)cs1. The molecule has 3 aromatic rings. The number of aromatic nitrogens is 1. The predicted octanol–water partition coefficient (Wildman–Crippen LogP) is 4.75. The Balaban J connectivity index is 1.65. The van der Waals surface area contributed by atoms with Crippen molar-refractivity contribution in [3.8, 4) is 17.0 Å². The number of anilines is 1. The van der Waals surface area contributed by atoms with Gasteiger partial charge in [-0.25, -0.2) is 4.98 Å². The minimum atomic E-state index is -4.60. The molecule has 0 spiro atoms. The maximum absolute atomic E-state index is 12.9. The summed E-state index contributed by atoms with van der Waals surface area (Å²) in [5, 5.41) is 15.1. The van der Waals surface area contributed by atoms with Gasteiger partial charge in [0, 0.05) is 23.1 Å². The number of thiazole rings is 1. The Hall–Kier alpha value is -3.47. The Morgan fingerprint density at radius 2 is 1.97 bits per heavy atom. The number of nitro benzene ring substituents is 1. The summed E-state index contributed by atoms with van der Waals surface area (Å²) < 4.78 is 43.8. The van der Waals surface area contributed by atoms with E-state index in [1.54, 1.807) is 11.4 Å². The second kappa shape index (κ2) is 8.27. The van der Waals surface area contributed by atoms with Crippen LogP contribution in [-0.2, 0) is 11.0 Å². The van der Waals surface area contributed by atoms with Crippen LogP contribution in [0.4, 0.5) is 24.0 Å². The minimum absolute atomic E-state index is 0.0992. The highest BCUT2D eigenvalue weighted by atomic mass is 32.1. The molecule has 11 heteroatoms. The molecular weight excluding hydrogens is 411 g/mol. The van der Waals surface area contributed by atoms with E-state index in [9.17, 15) is 28.1 Å². The molecule has 0 unspecified atom stereocenters. The van der Waals surface area contributed by atoms with Gasteiger partial charge in [-0.15, -0.1) is 11.3 Å². The fraction of sp³-hybridized carbons (Fsp3) is 0.111. The lowest BCUT2D eigenvalue weighted by Crippen LogP contribution is -2.21. The number of hydrogen-bond acceptors (Lipinski definition) is 6. The number of amides is 1. The number of nitro groups is 1. The number of alkyl halides is 3. The molecule has 3 rings (SSSR count). The smallest absolute Gasteiger partial charge is 0.419 e. The average molecular weight is 423 g/mol. The van der Waals surface area contributed by atoms with E-state index in [0.29, 0.717) is 11.3 Å². The molecule has 0 aliphatic heterocycles. The van der Waals surface area contributed by atoms with Crippen LogP contribution in [0.3, 0.4) is 0 Å². The predicted molar refractivity (Wildman–Crippen MR) is 99.8 cm³/mol. The van der Waals surface area contributed by atoms with Crippen molar-refractivity contribution in [1.82, 2.24) is 4.98 Å². The molecule has 0 fully saturated rings. The summed E-state index contributed by atoms with van der Waals surface area (Å²) >= 11 is 1.07. The maximum atomic E-state index is 12.9. The zero-order valence-electron chi connectivity index (χ0n) is 14.5. The molecule has 0 saturated carbocycles. The normalized spacial score (nSPS) is 11.1. The van der Waals surface area contributed by atoms with Gasteiger partial charge < -0.3 is 4.74 Å². The fourth-order valence-electron chi connectivity index (χ4n) is 2.37. The highest BCUT2D eigenvalue weighted by Gasteiger charge is 2.34. The molecule has 150 valence electrons. The van der Waals surface area contributed by atoms with E-state index in [0.717, 1.165) is 23.5 Å². The van der Waals surface area contributed by atoms with E-state index in [1.807, 2.05) is 0 Å². The summed E-state index contributed by atoms with van der Waals surface area (Å²) in [4.78, 5) is 26.5. The Labute approximate surface area is 165 Å². The molecule has 0 saturated heterocycles. The lowest BCUT2D eigenvalue weighted by Gasteiger charge is -2.13. The summed E-state index contributed by atoms with van der Waals surface area (Å²) in [6.07, 6.45) is -4.60. The van der Waals surface area contributed by atoms with Gasteiger partial charge >= 0.3 is 6.18 Å². The molecule has 0 aliphatic carbocycles. The van der Waals surface area contributed by atoms with Gasteiger partial charge in [0.2, 0.25) is 0 Å². The molecule has 1 aromatic heterocycles. The van der Waals surface area contributed by atoms with E-state index in [1.165, 1.54) is 30.3 Å². The largest absolute Gasteiger partial charge is 0.483 e. The summed E-state index contributed by atoms with van der Waals surface area (Å²) in [5.74, 6) is -1.14. The summed E-state index contributed by atoms with van der Waals surface area (Å²) in [7, 11) is 0. The number of rotatable bonds is 6. The second-order valence-corrected chi connectivity index (χ2v) is 6.53. The molecule has 1 N–H and O–H groups in total. The van der Waals surface area contributed by atoms with Crippen LogP contribution in [-0.4, -0.2) is 22.4 Å². The number of nitrogens with one attached hydrogen (secondary N) is 1. The third-order valence-electron chi connectivity index (χ3n) is 3.65. The molecule has 7 nitrogen and oxygen atoms in total. The van der Waals surface area contributed by atoms with Crippen LogP contribution in [0.1, 0.15) is 5.56 Å². The van der Waals surface area contributed by atoms with Crippen molar-refractivity contribution in [1.29, 1.82) is 0 Å². The number of halogens is 3. The lowest BCUT2D eigenvalue weighted by atomic mass is 10.1. The number of non-ortho nitro benzene ring substituents is 1. The number of para-hydroxylation sites is 1. The van der Waals surface area contributed by atoms with Gasteiger partial charge in [0.1, 0.15) is 5.75 Å². The molecular formula is C18H12F3N3O4S. The minimum Gasteiger partial charge on any atom is -0.483 e. The van der Waals surface area contributed by atoms with E-state index >= 15 is 0 Å². The Kier molecular flexibility index (Phi) is 5.78. The van der Waals surface area contributed by atoms with Crippen molar-refractivity contribution in [2.24, 2.45) is 0 Å². The van der Waals surface area contributed by atoms with Crippen LogP contribution in [0, 0.1) is 10.1 Å². The average Bonchev–Trinajstić information content (AvgIpc) is 3.14. The van der Waals surface area contributed by atoms with Gasteiger partial charge in [0.15, 0.2) is 11.7 Å². The third kappa shape index (κ3) is 5.08. The molecule has 29 heavy (non-hydrogen) atoms. The molecule has 2 aromatic carbocycles. The van der Waals surface area contributed by atoms with Crippen molar-refractivity contribution in [3.05, 3.63) is 69.6 Å². The van der Waals surface area contributed by atoms with Crippen LogP contribution < -0.4 is 10.1 Å². The molecule has 0 atom stereocenters. The van der Waals surface area contributed by atoms with Crippen molar-refractivity contribution >= 4 is 28.1 Å². The highest BCUT2D eigenvalue weighted by molar-refractivity contribution is 7.14. The van der Waals surface area contributed by atoms with Gasteiger partial charge in [-0.3, -0.25) is 20.2 Å². The molecule has 0 bridgehead atoms. The van der Waals surface area contributed by atoms with Crippen molar-refractivity contribution in [2.75, 3.05) is 11.9 Å². The van der Waals surface area contributed by atoms with Gasteiger partial charge in [0.05, 0.1) is 16.2 Å². The van der Waals surface area contributed by atoms with E-state index < -0.39 is 34.9 Å². The number of carbonyl (C=O) groups is 1. The van der Waals surface area contributed by atoms with Crippen LogP contribution >= 0.6 is 11.3 Å². The Bertz CT molecular complexity index is 1050. The van der Waals surface area contributed by atoms with Crippen LogP contribution in [0.5, 0.6) is 5.75 Å². The lowest BCUT2D eigenvalue weighted by molar-refractivity contribution is -0.384. The zero-order valence-corrected chi connectivity index (χ0v) is 15.3. The number of nitrogens with zero attached hydrogens (tertiary/aromatic N) is 2. The number of ether oxygens (including phenoxy) is 1. The van der Waals surface area contributed by atoms with Crippen LogP contribution in [0.15, 0.2) is 53.9 Å². The Morgan fingerprint density at radius 1 is 1.21 bits per heavy atom. The topological polar surface area (TPSA) is 94.4 Å². The van der Waals surface area contributed by atoms with Gasteiger partial charge in [-0.05, 0) is 12.1 Å². The van der Waals surface area contributed by atoms with Gasteiger partial charge in [-0.2, -0.15) is 13.2 Å². The fourth-order valence-corrected chi connectivity index (χ4v) is 3.10. The summed E-state index contributed by atoms with van der Waals surface area (Å²) in [6, 6.07) is 10.4. The molecule has 1 heterocycles. The number of benzene rings is 2. The summed E-state index contributed by atoms with van der Waals surface area (Å²) in [6.45, 7) is -0.640. The molecule has 0 radical (unpaired) electrons. The van der Waals surface area contributed by atoms with Crippen molar-refractivity contribution in [2.45, 2.75) is 6.18 Å². The number of carbonyl (C=O) groups excluding carboxylic acids is 1. The first-order valence-corrected chi connectivity index (χ1v) is 8.91. The number of hydrogen-bond donors (Lipinski definition) is 1. The first-order valence-electron chi connectivity index (χ1n) is 8.03. The van der Waals surface area contributed by atoms with Crippen LogP contribution in [0.2, 0.25) is 0 Å².